The van der Waals surface area contributed by atoms with Gasteiger partial charge in [0.2, 0.25) is 5.91 Å². The second-order valence-corrected chi connectivity index (χ2v) is 6.96. The summed E-state index contributed by atoms with van der Waals surface area (Å²) < 4.78 is 13.2. The van der Waals surface area contributed by atoms with E-state index in [-0.39, 0.29) is 17.5 Å². The fourth-order valence-electron chi connectivity index (χ4n) is 3.14. The van der Waals surface area contributed by atoms with Crippen LogP contribution in [0.1, 0.15) is 37.7 Å². The van der Waals surface area contributed by atoms with E-state index in [1.54, 1.807) is 12.1 Å². The third-order valence-corrected chi connectivity index (χ3v) is 5.24. The van der Waals surface area contributed by atoms with Crippen LogP contribution < -0.4 is 5.32 Å². The van der Waals surface area contributed by atoms with Gasteiger partial charge in [-0.3, -0.25) is 9.59 Å². The van der Waals surface area contributed by atoms with Crippen molar-refractivity contribution in [3.05, 3.63) is 35.6 Å². The number of hydrogen-bond donors (Lipinski definition) is 2. The highest BCUT2D eigenvalue weighted by Crippen LogP contribution is 2.39. The van der Waals surface area contributed by atoms with Crippen molar-refractivity contribution in [2.24, 2.45) is 0 Å². The van der Waals surface area contributed by atoms with Crippen molar-refractivity contribution in [1.82, 2.24) is 5.32 Å². The number of hydrogen-bond acceptors (Lipinski definition) is 3. The number of carboxylic acids is 1. The van der Waals surface area contributed by atoms with Crippen LogP contribution in [0.2, 0.25) is 0 Å². The maximum absolute atomic E-state index is 13.2. The van der Waals surface area contributed by atoms with Gasteiger partial charge in [-0.2, -0.15) is 0 Å². The number of aliphatic carboxylic acids is 1. The topological polar surface area (TPSA) is 66.4 Å². The molecule has 23 heavy (non-hydrogen) atoms. The molecule has 1 fully saturated rings. The fourth-order valence-corrected chi connectivity index (χ4v) is 3.70. The van der Waals surface area contributed by atoms with Crippen LogP contribution in [0, 0.1) is 5.82 Å². The van der Waals surface area contributed by atoms with Crippen LogP contribution in [0.15, 0.2) is 24.3 Å². The van der Waals surface area contributed by atoms with E-state index in [9.17, 15) is 14.0 Å². The van der Waals surface area contributed by atoms with E-state index in [0.29, 0.717) is 12.3 Å². The lowest BCUT2D eigenvalue weighted by Gasteiger charge is -2.36. The second kappa shape index (κ2) is 8.34. The zero-order valence-corrected chi connectivity index (χ0v) is 13.8. The normalized spacial score (nSPS) is 16.7. The zero-order chi connectivity index (χ0) is 16.7. The van der Waals surface area contributed by atoms with Crippen LogP contribution in [-0.4, -0.2) is 35.0 Å². The van der Waals surface area contributed by atoms with Crippen molar-refractivity contribution in [2.75, 3.05) is 18.1 Å². The van der Waals surface area contributed by atoms with Gasteiger partial charge in [-0.05, 0) is 30.5 Å². The van der Waals surface area contributed by atoms with E-state index in [0.717, 1.165) is 37.7 Å². The molecule has 1 amide bonds. The Morgan fingerprint density at radius 1 is 1.17 bits per heavy atom. The molecule has 0 aromatic heterocycles. The molecule has 1 aliphatic rings. The Morgan fingerprint density at radius 2 is 1.83 bits per heavy atom. The molecule has 0 spiro atoms. The molecule has 4 nitrogen and oxygen atoms in total. The first-order chi connectivity index (χ1) is 11.0. The number of halogens is 1. The first-order valence-corrected chi connectivity index (χ1v) is 9.04. The molecule has 1 saturated carbocycles. The van der Waals surface area contributed by atoms with Crippen molar-refractivity contribution >= 4 is 23.6 Å². The summed E-state index contributed by atoms with van der Waals surface area (Å²) >= 11 is 1.28. The lowest BCUT2D eigenvalue weighted by atomic mass is 9.68. The maximum Gasteiger partial charge on any atom is 0.313 e. The number of rotatable bonds is 7. The second-order valence-electron chi connectivity index (χ2n) is 5.85. The molecular formula is C17H22FNO3S. The van der Waals surface area contributed by atoms with E-state index >= 15 is 0 Å². The predicted octanol–water partition coefficient (Wildman–Crippen LogP) is 2.96. The van der Waals surface area contributed by atoms with Crippen molar-refractivity contribution in [1.29, 1.82) is 0 Å². The summed E-state index contributed by atoms with van der Waals surface area (Å²) in [6, 6.07) is 6.22. The van der Waals surface area contributed by atoms with Gasteiger partial charge >= 0.3 is 5.97 Å². The maximum atomic E-state index is 13.2. The van der Waals surface area contributed by atoms with Gasteiger partial charge in [0, 0.05) is 12.3 Å². The molecule has 2 N–H and O–H groups in total. The first kappa shape index (κ1) is 17.8. The summed E-state index contributed by atoms with van der Waals surface area (Å²) in [6.45, 7) is 0.444. The smallest absolute Gasteiger partial charge is 0.313 e. The molecule has 0 atom stereocenters. The monoisotopic (exact) mass is 339 g/mol. The minimum atomic E-state index is -0.851. The Morgan fingerprint density at radius 3 is 2.43 bits per heavy atom. The molecule has 6 heteroatoms. The SMILES string of the molecule is O=C(O)CSCCNC(=O)C1(c2ccc(F)cc2)CCCCC1. The largest absolute Gasteiger partial charge is 0.481 e. The standard InChI is InChI=1S/C17H22FNO3S/c18-14-6-4-13(5-7-14)17(8-2-1-3-9-17)16(22)19-10-11-23-12-15(20)21/h4-7H,1-3,8-12H2,(H,19,22)(H,20,21). The molecule has 2 rings (SSSR count). The summed E-state index contributed by atoms with van der Waals surface area (Å²) in [6.07, 6.45) is 4.63. The van der Waals surface area contributed by atoms with E-state index in [4.69, 9.17) is 5.11 Å². The molecule has 0 saturated heterocycles. The van der Waals surface area contributed by atoms with Crippen molar-refractivity contribution in [2.45, 2.75) is 37.5 Å². The van der Waals surface area contributed by atoms with Gasteiger partial charge in [-0.25, -0.2) is 4.39 Å². The number of amides is 1. The number of carboxylic acid groups (broad SMARTS) is 1. The summed E-state index contributed by atoms with van der Waals surface area (Å²) in [4.78, 5) is 23.2. The Labute approximate surface area is 139 Å². The van der Waals surface area contributed by atoms with Crippen LogP contribution in [-0.2, 0) is 15.0 Å². The van der Waals surface area contributed by atoms with Gasteiger partial charge in [0.1, 0.15) is 5.82 Å². The van der Waals surface area contributed by atoms with Crippen molar-refractivity contribution < 1.29 is 19.1 Å². The van der Waals surface area contributed by atoms with Crippen LogP contribution in [0.25, 0.3) is 0 Å². The lowest BCUT2D eigenvalue weighted by molar-refractivity contribution is -0.134. The molecule has 0 unspecified atom stereocenters. The number of benzene rings is 1. The third kappa shape index (κ3) is 4.70. The average Bonchev–Trinajstić information content (AvgIpc) is 2.55. The van der Waals surface area contributed by atoms with Crippen LogP contribution in [0.5, 0.6) is 0 Å². The molecule has 0 heterocycles. The molecule has 1 aliphatic carbocycles. The van der Waals surface area contributed by atoms with Crippen LogP contribution >= 0.6 is 11.8 Å². The molecule has 0 bridgehead atoms. The quantitative estimate of drug-likeness (QED) is 0.750. The summed E-state index contributed by atoms with van der Waals surface area (Å²) in [5.41, 5.74) is 0.290. The molecule has 1 aromatic rings. The van der Waals surface area contributed by atoms with Gasteiger partial charge in [0.25, 0.3) is 0 Å². The van der Waals surface area contributed by atoms with Crippen LogP contribution in [0.3, 0.4) is 0 Å². The van der Waals surface area contributed by atoms with Crippen molar-refractivity contribution in [3.8, 4) is 0 Å². The van der Waals surface area contributed by atoms with Gasteiger partial charge in [-0.1, -0.05) is 31.4 Å². The van der Waals surface area contributed by atoms with E-state index in [2.05, 4.69) is 5.32 Å². The Hall–Kier alpha value is -1.56. The summed E-state index contributed by atoms with van der Waals surface area (Å²) in [5, 5.41) is 11.5. The highest BCUT2D eigenvalue weighted by atomic mass is 32.2. The van der Waals surface area contributed by atoms with E-state index in [1.165, 1.54) is 23.9 Å². The highest BCUT2D eigenvalue weighted by molar-refractivity contribution is 7.99. The Kier molecular flexibility index (Phi) is 6.45. The Bertz CT molecular complexity index is 541. The molecule has 0 aliphatic heterocycles. The highest BCUT2D eigenvalue weighted by Gasteiger charge is 2.40. The van der Waals surface area contributed by atoms with Gasteiger partial charge in [0.05, 0.1) is 11.2 Å². The third-order valence-electron chi connectivity index (χ3n) is 4.30. The van der Waals surface area contributed by atoms with Gasteiger partial charge in [0.15, 0.2) is 0 Å². The average molecular weight is 339 g/mol. The van der Waals surface area contributed by atoms with E-state index < -0.39 is 11.4 Å². The zero-order valence-electron chi connectivity index (χ0n) is 13.0. The number of nitrogens with one attached hydrogen (secondary N) is 1. The lowest BCUT2D eigenvalue weighted by Crippen LogP contribution is -2.46. The minimum absolute atomic E-state index is 0.0280. The number of carbonyl (C=O) groups is 2. The van der Waals surface area contributed by atoms with Gasteiger partial charge < -0.3 is 10.4 Å². The Balaban J connectivity index is 2.01. The number of thioether (sulfide) groups is 1. The molecule has 126 valence electrons. The van der Waals surface area contributed by atoms with Gasteiger partial charge in [-0.15, -0.1) is 11.8 Å². The fraction of sp³-hybridized carbons (Fsp3) is 0.529. The predicted molar refractivity (Wildman–Crippen MR) is 89.1 cm³/mol. The van der Waals surface area contributed by atoms with Crippen LogP contribution in [0.4, 0.5) is 4.39 Å². The van der Waals surface area contributed by atoms with E-state index in [1.807, 2.05) is 0 Å². The number of carbonyl (C=O) groups excluding carboxylic acids is 1. The minimum Gasteiger partial charge on any atom is -0.481 e. The molecule has 1 aromatic carbocycles. The van der Waals surface area contributed by atoms with Crippen molar-refractivity contribution in [3.63, 3.8) is 0 Å². The summed E-state index contributed by atoms with van der Waals surface area (Å²) in [7, 11) is 0. The molecule has 0 radical (unpaired) electrons. The first-order valence-electron chi connectivity index (χ1n) is 7.88. The summed E-state index contributed by atoms with van der Waals surface area (Å²) in [5.74, 6) is -0.572. The molecular weight excluding hydrogens is 317 g/mol.